The second kappa shape index (κ2) is 10.1. The number of nitrogens with one attached hydrogen (secondary N) is 2. The van der Waals surface area contributed by atoms with Crippen molar-refractivity contribution in [3.63, 3.8) is 0 Å². The third-order valence-electron chi connectivity index (χ3n) is 8.79. The van der Waals surface area contributed by atoms with Gasteiger partial charge >= 0.3 is 0 Å². The molecule has 0 radical (unpaired) electrons. The number of carbonyl (C=O) groups is 3. The third kappa shape index (κ3) is 4.55. The maximum atomic E-state index is 14.1. The Morgan fingerprint density at radius 1 is 1.05 bits per heavy atom. The molecule has 204 valence electrons. The predicted molar refractivity (Wildman–Crippen MR) is 149 cm³/mol. The van der Waals surface area contributed by atoms with Gasteiger partial charge in [0.15, 0.2) is 0 Å². The third-order valence-corrected chi connectivity index (χ3v) is 9.20. The molecular weight excluding hydrogens is 514 g/mol. The minimum absolute atomic E-state index is 0.0889. The van der Waals surface area contributed by atoms with Gasteiger partial charge in [0.25, 0.3) is 0 Å². The monoisotopic (exact) mass is 547 g/mol. The van der Waals surface area contributed by atoms with E-state index in [9.17, 15) is 14.4 Å². The minimum Gasteiger partial charge on any atom is -0.359 e. The van der Waals surface area contributed by atoms with Crippen molar-refractivity contribution in [2.75, 3.05) is 5.32 Å². The van der Waals surface area contributed by atoms with E-state index in [1.165, 1.54) is 6.42 Å². The van der Waals surface area contributed by atoms with Gasteiger partial charge in [0.2, 0.25) is 17.7 Å². The van der Waals surface area contributed by atoms with Crippen molar-refractivity contribution in [2.45, 2.75) is 76.3 Å². The molecule has 8 heteroatoms. The molecule has 2 aromatic carbocycles. The summed E-state index contributed by atoms with van der Waals surface area (Å²) in [6.07, 6.45) is 8.33. The summed E-state index contributed by atoms with van der Waals surface area (Å²) in [6, 6.07) is 12.5. The van der Waals surface area contributed by atoms with E-state index in [-0.39, 0.29) is 30.3 Å². The Bertz CT molecular complexity index is 1340. The van der Waals surface area contributed by atoms with Gasteiger partial charge in [-0.3, -0.25) is 14.4 Å². The number of hydrogen-bond donors (Lipinski definition) is 2. The molecule has 39 heavy (non-hydrogen) atoms. The molecule has 7 nitrogen and oxygen atoms in total. The molecule has 6 rings (SSSR count). The summed E-state index contributed by atoms with van der Waals surface area (Å²) in [5.41, 5.74) is 2.33. The van der Waals surface area contributed by atoms with Crippen LogP contribution in [0.3, 0.4) is 0 Å². The maximum absolute atomic E-state index is 14.1. The van der Waals surface area contributed by atoms with E-state index < -0.39 is 29.6 Å². The molecular formula is C31H34ClN3O4. The topological polar surface area (TPSA) is 87.7 Å². The first kappa shape index (κ1) is 26.1. The van der Waals surface area contributed by atoms with Crippen LogP contribution in [0.2, 0.25) is 5.02 Å². The van der Waals surface area contributed by atoms with Crippen molar-refractivity contribution in [1.29, 1.82) is 0 Å². The van der Waals surface area contributed by atoms with Crippen LogP contribution < -0.4 is 10.6 Å². The summed E-state index contributed by atoms with van der Waals surface area (Å²) in [4.78, 5) is 43.4. The molecule has 1 aliphatic carbocycles. The number of amides is 3. The summed E-state index contributed by atoms with van der Waals surface area (Å²) in [7, 11) is 0. The zero-order valence-corrected chi connectivity index (χ0v) is 23.0. The summed E-state index contributed by atoms with van der Waals surface area (Å²) >= 11 is 6.28. The number of likely N-dealkylation sites (tertiary alicyclic amines) is 1. The number of anilines is 1. The fourth-order valence-electron chi connectivity index (χ4n) is 6.75. The van der Waals surface area contributed by atoms with Gasteiger partial charge in [-0.05, 0) is 49.9 Å². The Kier molecular flexibility index (Phi) is 6.76. The first-order valence-corrected chi connectivity index (χ1v) is 14.3. The second-order valence-corrected chi connectivity index (χ2v) is 11.9. The fourth-order valence-corrected chi connectivity index (χ4v) is 6.93. The number of nitrogens with zero attached hydrogens (tertiary/aromatic N) is 1. The molecule has 3 fully saturated rings. The summed E-state index contributed by atoms with van der Waals surface area (Å²) in [6.45, 7) is 4.17. The standard InChI is InChI=1S/C31H34ClN3O4/c1-18-8-11-20(12-9-18)17-35-27(29(37)33-21-6-4-3-5-7-21)31-15-14-24(39-31)25(26(31)30(35)38)28(36)34-22-13-10-19(2)23(32)16-22/h8-16,21,24-27H,3-7,17H2,1-2H3,(H,33,37)(H,34,36)/t24-,25-,26-,27-,31+/m1/s1. The number of benzene rings is 2. The first-order valence-electron chi connectivity index (χ1n) is 13.9. The number of hydrogen-bond acceptors (Lipinski definition) is 4. The van der Waals surface area contributed by atoms with Crippen molar-refractivity contribution in [1.82, 2.24) is 10.2 Å². The summed E-state index contributed by atoms with van der Waals surface area (Å²) in [5, 5.41) is 6.72. The number of halogens is 1. The van der Waals surface area contributed by atoms with Crippen LogP contribution in [0.4, 0.5) is 5.69 Å². The smallest absolute Gasteiger partial charge is 0.246 e. The molecule has 3 heterocycles. The predicted octanol–water partition coefficient (Wildman–Crippen LogP) is 4.70. The summed E-state index contributed by atoms with van der Waals surface area (Å²) in [5.74, 6) is -2.29. The molecule has 2 N–H and O–H groups in total. The lowest BCUT2D eigenvalue weighted by Gasteiger charge is -2.34. The molecule has 1 spiro atoms. The summed E-state index contributed by atoms with van der Waals surface area (Å²) < 4.78 is 6.46. The van der Waals surface area contributed by atoms with E-state index in [1.54, 1.807) is 17.0 Å². The molecule has 2 aromatic rings. The number of ether oxygens (including phenoxy) is 1. The number of aryl methyl sites for hydroxylation is 2. The van der Waals surface area contributed by atoms with Crippen LogP contribution in [-0.2, 0) is 25.7 Å². The Morgan fingerprint density at radius 2 is 1.79 bits per heavy atom. The molecule has 1 saturated carbocycles. The van der Waals surface area contributed by atoms with Crippen molar-refractivity contribution >= 4 is 35.0 Å². The van der Waals surface area contributed by atoms with Crippen LogP contribution in [0, 0.1) is 25.7 Å². The van der Waals surface area contributed by atoms with Gasteiger partial charge in [-0.1, -0.05) is 78.9 Å². The van der Waals surface area contributed by atoms with Gasteiger partial charge in [0, 0.05) is 23.3 Å². The average molecular weight is 548 g/mol. The highest BCUT2D eigenvalue weighted by Gasteiger charge is 2.72. The van der Waals surface area contributed by atoms with E-state index in [0.717, 1.165) is 42.4 Å². The van der Waals surface area contributed by atoms with Crippen LogP contribution in [0.15, 0.2) is 54.6 Å². The Labute approximate surface area is 233 Å². The second-order valence-electron chi connectivity index (χ2n) is 11.4. The molecule has 0 unspecified atom stereocenters. The quantitative estimate of drug-likeness (QED) is 0.513. The van der Waals surface area contributed by atoms with E-state index in [4.69, 9.17) is 16.3 Å². The minimum atomic E-state index is -1.18. The highest BCUT2D eigenvalue weighted by Crippen LogP contribution is 2.55. The van der Waals surface area contributed by atoms with Crippen LogP contribution in [0.25, 0.3) is 0 Å². The van der Waals surface area contributed by atoms with Gasteiger partial charge in [0.05, 0.1) is 17.9 Å². The zero-order chi connectivity index (χ0) is 27.3. The van der Waals surface area contributed by atoms with E-state index >= 15 is 0 Å². The fraction of sp³-hybridized carbons (Fsp3) is 0.452. The van der Waals surface area contributed by atoms with Crippen molar-refractivity contribution < 1.29 is 19.1 Å². The van der Waals surface area contributed by atoms with Crippen LogP contribution in [0.1, 0.15) is 48.8 Å². The molecule has 2 saturated heterocycles. The first-order chi connectivity index (χ1) is 18.8. The van der Waals surface area contributed by atoms with Crippen molar-refractivity contribution in [3.8, 4) is 0 Å². The highest BCUT2D eigenvalue weighted by atomic mass is 35.5. The van der Waals surface area contributed by atoms with Gasteiger partial charge < -0.3 is 20.3 Å². The van der Waals surface area contributed by atoms with Crippen molar-refractivity contribution in [2.24, 2.45) is 11.8 Å². The zero-order valence-electron chi connectivity index (χ0n) is 22.3. The Hall–Kier alpha value is -3.16. The Morgan fingerprint density at radius 3 is 2.51 bits per heavy atom. The average Bonchev–Trinajstić information content (AvgIpc) is 3.56. The lowest BCUT2D eigenvalue weighted by molar-refractivity contribution is -0.142. The van der Waals surface area contributed by atoms with Gasteiger partial charge in [-0.2, -0.15) is 0 Å². The van der Waals surface area contributed by atoms with Gasteiger partial charge in [-0.25, -0.2) is 0 Å². The lowest BCUT2D eigenvalue weighted by atomic mass is 9.74. The van der Waals surface area contributed by atoms with Crippen LogP contribution in [0.5, 0.6) is 0 Å². The highest BCUT2D eigenvalue weighted by molar-refractivity contribution is 6.31. The molecule has 3 amide bonds. The molecule has 0 aromatic heterocycles. The van der Waals surface area contributed by atoms with E-state index in [0.29, 0.717) is 10.7 Å². The maximum Gasteiger partial charge on any atom is 0.246 e. The van der Waals surface area contributed by atoms with Crippen LogP contribution in [-0.4, -0.2) is 46.4 Å². The van der Waals surface area contributed by atoms with E-state index in [1.807, 2.05) is 56.3 Å². The number of carbonyl (C=O) groups excluding carboxylic acids is 3. The lowest BCUT2D eigenvalue weighted by Crippen LogP contribution is -2.56. The Balaban J connectivity index is 1.32. The normalized spacial score (nSPS) is 29.5. The molecule has 5 atom stereocenters. The molecule has 4 aliphatic rings. The van der Waals surface area contributed by atoms with Gasteiger partial charge in [0.1, 0.15) is 11.6 Å². The molecule has 2 bridgehead atoms. The van der Waals surface area contributed by atoms with Crippen molar-refractivity contribution in [3.05, 3.63) is 76.3 Å². The largest absolute Gasteiger partial charge is 0.359 e. The number of fused-ring (bicyclic) bond motifs is 1. The van der Waals surface area contributed by atoms with E-state index in [2.05, 4.69) is 10.6 Å². The van der Waals surface area contributed by atoms with Crippen LogP contribution >= 0.6 is 11.6 Å². The SMILES string of the molecule is Cc1ccc(CN2C(=O)[C@H]3[C@H](C(=O)Nc4ccc(C)c(Cl)c4)[C@H]4C=C[C@@]3(O4)[C@H]2C(=O)NC2CCCCC2)cc1. The molecule has 3 aliphatic heterocycles. The number of rotatable bonds is 6. The van der Waals surface area contributed by atoms with Gasteiger partial charge in [-0.15, -0.1) is 0 Å².